The molecule has 0 saturated carbocycles. The van der Waals surface area contributed by atoms with Crippen LogP contribution in [0.5, 0.6) is 5.75 Å². The van der Waals surface area contributed by atoms with E-state index < -0.39 is 12.1 Å². The van der Waals surface area contributed by atoms with Crippen molar-refractivity contribution in [3.63, 3.8) is 0 Å². The zero-order valence-electron chi connectivity index (χ0n) is 12.2. The third-order valence-electron chi connectivity index (χ3n) is 3.10. The molecule has 0 aliphatic rings. The Balaban J connectivity index is 2.37. The number of esters is 1. The highest BCUT2D eigenvalue weighted by atomic mass is 16.5. The Bertz CT molecular complexity index is 676. The van der Waals surface area contributed by atoms with Crippen LogP contribution in [0.1, 0.15) is 22.0 Å². The van der Waals surface area contributed by atoms with Crippen LogP contribution in [0, 0.1) is 0 Å². The first-order chi connectivity index (χ1) is 10.7. The van der Waals surface area contributed by atoms with Gasteiger partial charge >= 0.3 is 5.97 Å². The maximum absolute atomic E-state index is 12.7. The standard InChI is InChI=1S/C18H16O4/c1-3-16(19)22-18(13-8-5-4-6-9-13)17(20)14-10-7-11-15(12-14)21-2/h3-12,18H,1H2,2H3. The number of methoxy groups -OCH3 is 1. The van der Waals surface area contributed by atoms with Gasteiger partial charge in [-0.05, 0) is 12.1 Å². The predicted molar refractivity (Wildman–Crippen MR) is 82.8 cm³/mol. The highest BCUT2D eigenvalue weighted by molar-refractivity contribution is 6.01. The SMILES string of the molecule is C=CC(=O)OC(C(=O)c1cccc(OC)c1)c1ccccc1. The van der Waals surface area contributed by atoms with E-state index in [1.165, 1.54) is 7.11 Å². The Morgan fingerprint density at radius 1 is 1.09 bits per heavy atom. The fraction of sp³-hybridized carbons (Fsp3) is 0.111. The lowest BCUT2D eigenvalue weighted by Gasteiger charge is -2.16. The van der Waals surface area contributed by atoms with E-state index in [1.807, 2.05) is 6.07 Å². The molecule has 0 heterocycles. The number of carbonyl (C=O) groups is 2. The minimum atomic E-state index is -1.01. The summed E-state index contributed by atoms with van der Waals surface area (Å²) in [5, 5.41) is 0. The number of ketones is 1. The second-order valence-electron chi connectivity index (χ2n) is 4.53. The quantitative estimate of drug-likeness (QED) is 0.466. The van der Waals surface area contributed by atoms with Gasteiger partial charge in [-0.15, -0.1) is 0 Å². The van der Waals surface area contributed by atoms with Crippen LogP contribution in [-0.4, -0.2) is 18.9 Å². The number of ether oxygens (including phenoxy) is 2. The van der Waals surface area contributed by atoms with Gasteiger partial charge in [0.05, 0.1) is 7.11 Å². The van der Waals surface area contributed by atoms with Crippen LogP contribution < -0.4 is 4.74 Å². The molecule has 0 aromatic heterocycles. The average molecular weight is 296 g/mol. The van der Waals surface area contributed by atoms with Gasteiger partial charge in [-0.25, -0.2) is 4.79 Å². The van der Waals surface area contributed by atoms with Crippen molar-refractivity contribution in [3.05, 3.63) is 78.4 Å². The van der Waals surface area contributed by atoms with E-state index in [1.54, 1.807) is 48.5 Å². The summed E-state index contributed by atoms with van der Waals surface area (Å²) in [6, 6.07) is 15.6. The molecule has 0 radical (unpaired) electrons. The molecule has 0 saturated heterocycles. The van der Waals surface area contributed by atoms with Crippen LogP contribution in [0.3, 0.4) is 0 Å². The Kier molecular flexibility index (Phi) is 5.09. The molecule has 112 valence electrons. The lowest BCUT2D eigenvalue weighted by Crippen LogP contribution is -2.19. The molecule has 2 rings (SSSR count). The predicted octanol–water partition coefficient (Wildman–Crippen LogP) is 3.35. The van der Waals surface area contributed by atoms with Crippen LogP contribution >= 0.6 is 0 Å². The van der Waals surface area contributed by atoms with E-state index in [9.17, 15) is 9.59 Å². The normalized spacial score (nSPS) is 11.3. The largest absolute Gasteiger partial charge is 0.497 e. The summed E-state index contributed by atoms with van der Waals surface area (Å²) in [5.41, 5.74) is 1.01. The lowest BCUT2D eigenvalue weighted by atomic mass is 9.99. The number of Topliss-reactive ketones (excluding diaryl/α,β-unsaturated/α-hetero) is 1. The fourth-order valence-corrected chi connectivity index (χ4v) is 1.99. The van der Waals surface area contributed by atoms with Gasteiger partial charge in [0.15, 0.2) is 6.10 Å². The van der Waals surface area contributed by atoms with Crippen molar-refractivity contribution in [2.75, 3.05) is 7.11 Å². The van der Waals surface area contributed by atoms with Gasteiger partial charge < -0.3 is 9.47 Å². The monoisotopic (exact) mass is 296 g/mol. The molecule has 0 bridgehead atoms. The maximum atomic E-state index is 12.7. The van der Waals surface area contributed by atoms with E-state index in [-0.39, 0.29) is 5.78 Å². The van der Waals surface area contributed by atoms with Crippen molar-refractivity contribution in [1.29, 1.82) is 0 Å². The van der Waals surface area contributed by atoms with E-state index in [0.29, 0.717) is 16.9 Å². The summed E-state index contributed by atoms with van der Waals surface area (Å²) < 4.78 is 10.3. The van der Waals surface area contributed by atoms with Crippen LogP contribution in [0.15, 0.2) is 67.3 Å². The van der Waals surface area contributed by atoms with Crippen molar-refractivity contribution in [2.24, 2.45) is 0 Å². The molecule has 4 nitrogen and oxygen atoms in total. The molecule has 0 spiro atoms. The Morgan fingerprint density at radius 3 is 2.45 bits per heavy atom. The second kappa shape index (κ2) is 7.22. The number of benzene rings is 2. The summed E-state index contributed by atoms with van der Waals surface area (Å²) in [6.45, 7) is 3.36. The smallest absolute Gasteiger partial charge is 0.331 e. The highest BCUT2D eigenvalue weighted by Crippen LogP contribution is 2.24. The first-order valence-electron chi connectivity index (χ1n) is 6.72. The molecule has 2 aromatic rings. The van der Waals surface area contributed by atoms with E-state index >= 15 is 0 Å². The molecule has 2 aromatic carbocycles. The molecular weight excluding hydrogens is 280 g/mol. The van der Waals surface area contributed by atoms with Crippen molar-refractivity contribution < 1.29 is 19.1 Å². The summed E-state index contributed by atoms with van der Waals surface area (Å²) >= 11 is 0. The lowest BCUT2D eigenvalue weighted by molar-refractivity contribution is -0.141. The summed E-state index contributed by atoms with van der Waals surface area (Å²) in [5.74, 6) is -0.405. The average Bonchev–Trinajstić information content (AvgIpc) is 2.59. The van der Waals surface area contributed by atoms with Crippen molar-refractivity contribution >= 4 is 11.8 Å². The summed E-state index contributed by atoms with van der Waals surface area (Å²) in [7, 11) is 1.52. The molecule has 1 atom stereocenters. The van der Waals surface area contributed by atoms with Gasteiger partial charge in [0.25, 0.3) is 0 Å². The molecular formula is C18H16O4. The topological polar surface area (TPSA) is 52.6 Å². The molecule has 0 aliphatic carbocycles. The Morgan fingerprint density at radius 2 is 1.82 bits per heavy atom. The molecule has 4 heteroatoms. The molecule has 1 unspecified atom stereocenters. The zero-order valence-corrected chi connectivity index (χ0v) is 12.2. The van der Waals surface area contributed by atoms with E-state index in [4.69, 9.17) is 9.47 Å². The minimum absolute atomic E-state index is 0.319. The number of hydrogen-bond acceptors (Lipinski definition) is 4. The molecule has 0 aliphatic heterocycles. The van der Waals surface area contributed by atoms with Gasteiger partial charge in [0.1, 0.15) is 5.75 Å². The highest BCUT2D eigenvalue weighted by Gasteiger charge is 2.25. The Hall–Kier alpha value is -2.88. The molecule has 0 N–H and O–H groups in total. The van der Waals surface area contributed by atoms with Crippen LogP contribution in [0.25, 0.3) is 0 Å². The minimum Gasteiger partial charge on any atom is -0.497 e. The first kappa shape index (κ1) is 15.5. The van der Waals surface area contributed by atoms with Crippen LogP contribution in [0.2, 0.25) is 0 Å². The van der Waals surface area contributed by atoms with E-state index in [0.717, 1.165) is 6.08 Å². The van der Waals surface area contributed by atoms with Crippen molar-refractivity contribution in [3.8, 4) is 5.75 Å². The van der Waals surface area contributed by atoms with Crippen molar-refractivity contribution in [2.45, 2.75) is 6.10 Å². The summed E-state index contributed by atoms with van der Waals surface area (Å²) in [4.78, 5) is 24.2. The molecule has 0 fully saturated rings. The van der Waals surface area contributed by atoms with Gasteiger partial charge in [-0.2, -0.15) is 0 Å². The maximum Gasteiger partial charge on any atom is 0.331 e. The van der Waals surface area contributed by atoms with Gasteiger partial charge in [0, 0.05) is 17.2 Å². The van der Waals surface area contributed by atoms with Gasteiger partial charge in [-0.1, -0.05) is 49.0 Å². The number of rotatable bonds is 6. The number of carbonyl (C=O) groups excluding carboxylic acids is 2. The fourth-order valence-electron chi connectivity index (χ4n) is 1.99. The molecule has 0 amide bonds. The number of hydrogen-bond donors (Lipinski definition) is 0. The Labute approximate surface area is 129 Å². The van der Waals surface area contributed by atoms with Crippen LogP contribution in [-0.2, 0) is 9.53 Å². The van der Waals surface area contributed by atoms with Crippen LogP contribution in [0.4, 0.5) is 0 Å². The third kappa shape index (κ3) is 3.61. The van der Waals surface area contributed by atoms with E-state index in [2.05, 4.69) is 6.58 Å². The zero-order chi connectivity index (χ0) is 15.9. The first-order valence-corrected chi connectivity index (χ1v) is 6.72. The van der Waals surface area contributed by atoms with Gasteiger partial charge in [0.2, 0.25) is 5.78 Å². The van der Waals surface area contributed by atoms with Gasteiger partial charge in [-0.3, -0.25) is 4.79 Å². The molecule has 22 heavy (non-hydrogen) atoms. The van der Waals surface area contributed by atoms with Crippen molar-refractivity contribution in [1.82, 2.24) is 0 Å². The second-order valence-corrected chi connectivity index (χ2v) is 4.53. The summed E-state index contributed by atoms with van der Waals surface area (Å²) in [6.07, 6.45) is 0.0215. The third-order valence-corrected chi connectivity index (χ3v) is 3.10.